The molecule has 0 fully saturated rings. The van der Waals surface area contributed by atoms with Crippen LogP contribution in [0, 0.1) is 0 Å². The molecule has 0 saturated heterocycles. The van der Waals surface area contributed by atoms with E-state index in [9.17, 15) is 0 Å². The van der Waals surface area contributed by atoms with Crippen LogP contribution < -0.4 is 29.6 Å². The molecule has 1 rings (SSSR count). The summed E-state index contributed by atoms with van der Waals surface area (Å²) in [6.07, 6.45) is 18.5. The number of rotatable bonds is 13. The third-order valence-electron chi connectivity index (χ3n) is 4.16. The fourth-order valence-electron chi connectivity index (χ4n) is 2.81. The molecule has 0 bridgehead atoms. The van der Waals surface area contributed by atoms with Crippen molar-refractivity contribution < 1.29 is 47.1 Å². The Labute approximate surface area is 183 Å². The van der Waals surface area contributed by atoms with E-state index in [1.807, 2.05) is 0 Å². The molecule has 0 spiro atoms. The fraction of sp³-hybridized carbons (Fsp3) is 0.700. The van der Waals surface area contributed by atoms with Crippen molar-refractivity contribution in [1.82, 2.24) is 0 Å². The van der Waals surface area contributed by atoms with Gasteiger partial charge in [0, 0.05) is 10.4 Å². The first-order valence-corrected chi connectivity index (χ1v) is 11.0. The summed E-state index contributed by atoms with van der Waals surface area (Å²) in [6, 6.07) is 10.9. The van der Waals surface area contributed by atoms with Crippen LogP contribution in [-0.2, 0) is 16.8 Å². The maximum absolute atomic E-state index is 8.52. The summed E-state index contributed by atoms with van der Waals surface area (Å²) in [6.45, 7) is 2.29. The van der Waals surface area contributed by atoms with E-state index in [-0.39, 0.29) is 29.6 Å². The number of aryl methyl sites for hydroxylation is 1. The third-order valence-corrected chi connectivity index (χ3v) is 4.16. The topological polar surface area (TPSA) is 80.3 Å². The summed E-state index contributed by atoms with van der Waals surface area (Å²) >= 11 is 0. The van der Waals surface area contributed by atoms with E-state index in [2.05, 4.69) is 37.3 Å². The molecule has 4 nitrogen and oxygen atoms in total. The first kappa shape index (κ1) is 28.3. The van der Waals surface area contributed by atoms with Crippen molar-refractivity contribution in [1.29, 1.82) is 0 Å². The molecule has 0 aliphatic rings. The zero-order chi connectivity index (χ0) is 18.8. The van der Waals surface area contributed by atoms with Gasteiger partial charge in [0.05, 0.1) is 0 Å². The van der Waals surface area contributed by atoms with Crippen molar-refractivity contribution in [2.24, 2.45) is 0 Å². The van der Waals surface area contributed by atoms with Gasteiger partial charge in [-0.25, -0.2) is 0 Å². The number of hydrogen-bond acceptors (Lipinski definition) is 4. The monoisotopic (exact) mass is 393 g/mol. The predicted octanol–water partition coefficient (Wildman–Crippen LogP) is 2.60. The van der Waals surface area contributed by atoms with E-state index >= 15 is 0 Å². The van der Waals surface area contributed by atoms with Crippen molar-refractivity contribution in [3.05, 3.63) is 35.9 Å². The Balaban J connectivity index is 0. The Kier molecular flexibility index (Phi) is 21.6. The Morgan fingerprint density at radius 1 is 0.692 bits per heavy atom. The molecule has 146 valence electrons. The molecular weight excluding hydrogens is 359 g/mol. The average Bonchev–Trinajstić information content (AvgIpc) is 2.55. The van der Waals surface area contributed by atoms with E-state index < -0.39 is 10.4 Å². The van der Waals surface area contributed by atoms with E-state index in [1.165, 1.54) is 89.0 Å². The van der Waals surface area contributed by atoms with Crippen LogP contribution in [0.4, 0.5) is 0 Å². The smallest absolute Gasteiger partial charge is 0.759 e. The SMILES string of the molecule is CCCCCCCCCCCCCCc1ccccc1.O=S(=O)([O-])[O-].[Na+]. The Hall–Kier alpha value is 0.0900. The number of benzene rings is 1. The van der Waals surface area contributed by atoms with Gasteiger partial charge in [-0.15, -0.1) is 0 Å². The van der Waals surface area contributed by atoms with Crippen LogP contribution in [0.1, 0.15) is 89.5 Å². The van der Waals surface area contributed by atoms with Crippen molar-refractivity contribution in [2.45, 2.75) is 90.4 Å². The van der Waals surface area contributed by atoms with E-state index in [1.54, 1.807) is 0 Å². The van der Waals surface area contributed by atoms with Crippen molar-refractivity contribution in [2.75, 3.05) is 0 Å². The Bertz CT molecular complexity index is 484. The van der Waals surface area contributed by atoms with Gasteiger partial charge in [-0.1, -0.05) is 108 Å². The Morgan fingerprint density at radius 2 is 1.04 bits per heavy atom. The minimum Gasteiger partial charge on any atom is -0.759 e. The summed E-state index contributed by atoms with van der Waals surface area (Å²) in [4.78, 5) is 0. The van der Waals surface area contributed by atoms with Gasteiger partial charge in [0.1, 0.15) is 0 Å². The molecule has 0 radical (unpaired) electrons. The van der Waals surface area contributed by atoms with Gasteiger partial charge in [-0.3, -0.25) is 8.42 Å². The van der Waals surface area contributed by atoms with Gasteiger partial charge in [0.25, 0.3) is 0 Å². The minimum absolute atomic E-state index is 0. The van der Waals surface area contributed by atoms with Crippen LogP contribution in [-0.4, -0.2) is 17.5 Å². The molecule has 1 aromatic carbocycles. The summed E-state index contributed by atoms with van der Waals surface area (Å²) in [5.41, 5.74) is 1.50. The molecule has 0 aliphatic carbocycles. The van der Waals surface area contributed by atoms with Crippen molar-refractivity contribution >= 4 is 10.4 Å². The molecule has 6 heteroatoms. The van der Waals surface area contributed by atoms with Gasteiger partial charge < -0.3 is 9.11 Å². The average molecular weight is 394 g/mol. The largest absolute Gasteiger partial charge is 1.00 e. The predicted molar refractivity (Wildman–Crippen MR) is 102 cm³/mol. The van der Waals surface area contributed by atoms with Crippen LogP contribution in [0.15, 0.2) is 30.3 Å². The standard InChI is InChI=1S/C20H34.Na.H2O4S/c1-2-3-4-5-6-7-8-9-10-11-12-14-17-20-18-15-13-16-19-20;;1-5(2,3)4/h13,15-16,18-19H,2-12,14,17H2,1H3;;(H2,1,2,3,4)/q;+1;/p-2. The van der Waals surface area contributed by atoms with Crippen molar-refractivity contribution in [3.8, 4) is 0 Å². The second-order valence-corrected chi connectivity index (χ2v) is 7.35. The molecule has 0 amide bonds. The van der Waals surface area contributed by atoms with E-state index in [0.29, 0.717) is 0 Å². The second kappa shape index (κ2) is 19.8. The maximum atomic E-state index is 8.52. The van der Waals surface area contributed by atoms with Crippen LogP contribution in [0.5, 0.6) is 0 Å². The van der Waals surface area contributed by atoms with Crippen molar-refractivity contribution in [3.63, 3.8) is 0 Å². The Morgan fingerprint density at radius 3 is 1.42 bits per heavy atom. The van der Waals surface area contributed by atoms with Crippen LogP contribution >= 0.6 is 0 Å². The summed E-state index contributed by atoms with van der Waals surface area (Å²) < 4.78 is 34.1. The van der Waals surface area contributed by atoms with Crippen LogP contribution in [0.3, 0.4) is 0 Å². The summed E-state index contributed by atoms with van der Waals surface area (Å²) in [5, 5.41) is 0. The minimum atomic E-state index is -5.17. The molecule has 0 aliphatic heterocycles. The fourth-order valence-corrected chi connectivity index (χ4v) is 2.81. The van der Waals surface area contributed by atoms with Gasteiger partial charge in [0.2, 0.25) is 0 Å². The summed E-state index contributed by atoms with van der Waals surface area (Å²) in [7, 11) is -5.17. The molecular formula is C20H34NaO4S-. The molecule has 0 heterocycles. The third kappa shape index (κ3) is 26.3. The first-order chi connectivity index (χ1) is 11.9. The molecule has 0 saturated carbocycles. The van der Waals surface area contributed by atoms with Crippen LogP contribution in [0.25, 0.3) is 0 Å². The zero-order valence-electron chi connectivity index (χ0n) is 16.6. The van der Waals surface area contributed by atoms with E-state index in [4.69, 9.17) is 17.5 Å². The molecule has 0 unspecified atom stereocenters. The maximum Gasteiger partial charge on any atom is 1.00 e. The summed E-state index contributed by atoms with van der Waals surface area (Å²) in [5.74, 6) is 0. The molecule has 0 aromatic heterocycles. The number of hydrogen-bond donors (Lipinski definition) is 0. The van der Waals surface area contributed by atoms with Gasteiger partial charge in [-0.2, -0.15) is 0 Å². The molecule has 1 aromatic rings. The van der Waals surface area contributed by atoms with Gasteiger partial charge in [0.15, 0.2) is 0 Å². The second-order valence-electron chi connectivity index (χ2n) is 6.53. The molecule has 26 heavy (non-hydrogen) atoms. The van der Waals surface area contributed by atoms with Crippen LogP contribution in [0.2, 0.25) is 0 Å². The first-order valence-electron chi connectivity index (χ1n) is 9.64. The van der Waals surface area contributed by atoms with E-state index in [0.717, 1.165) is 0 Å². The normalized spacial score (nSPS) is 10.6. The molecule has 0 N–H and O–H groups in total. The van der Waals surface area contributed by atoms with Gasteiger partial charge in [-0.05, 0) is 18.4 Å². The molecule has 0 atom stereocenters. The zero-order valence-corrected chi connectivity index (χ0v) is 19.4. The quantitative estimate of drug-likeness (QED) is 0.223. The van der Waals surface area contributed by atoms with Gasteiger partial charge >= 0.3 is 29.6 Å². The number of unbranched alkanes of at least 4 members (excludes halogenated alkanes) is 11.